The molecule has 1 fully saturated rings. The zero-order chi connectivity index (χ0) is 18.8. The number of halogens is 1. The van der Waals surface area contributed by atoms with Crippen molar-refractivity contribution in [2.24, 2.45) is 0 Å². The van der Waals surface area contributed by atoms with Gasteiger partial charge < -0.3 is 14.4 Å². The van der Waals surface area contributed by atoms with E-state index in [0.717, 1.165) is 60.2 Å². The lowest BCUT2D eigenvalue weighted by Crippen LogP contribution is -2.49. The quantitative estimate of drug-likeness (QED) is 0.692. The molecule has 140 valence electrons. The summed E-state index contributed by atoms with van der Waals surface area (Å²) in [7, 11) is 0. The molecule has 2 aromatic carbocycles. The van der Waals surface area contributed by atoms with Crippen molar-refractivity contribution in [2.45, 2.75) is 19.9 Å². The molecular weight excluding hydrogens is 360 g/mol. The summed E-state index contributed by atoms with van der Waals surface area (Å²) in [6, 6.07) is 15.9. The molecule has 0 radical (unpaired) electrons. The minimum atomic E-state index is 0.151. The second-order valence-corrected chi connectivity index (χ2v) is 7.24. The third-order valence-electron chi connectivity index (χ3n) is 5.15. The van der Waals surface area contributed by atoms with Crippen molar-refractivity contribution in [2.75, 3.05) is 31.1 Å². The first-order valence-corrected chi connectivity index (χ1v) is 9.76. The summed E-state index contributed by atoms with van der Waals surface area (Å²) in [5, 5.41) is 0.741. The number of imidazole rings is 1. The summed E-state index contributed by atoms with van der Waals surface area (Å²) in [6.07, 6.45) is 0.810. The molecule has 0 N–H and O–H groups in total. The SMILES string of the molecule is CCc1nc2ccccc2n1CC(=O)N1CCN(c2cccc(Cl)c2)CC1. The molecule has 5 nitrogen and oxygen atoms in total. The number of amides is 1. The van der Waals surface area contributed by atoms with Crippen LogP contribution >= 0.6 is 11.6 Å². The second-order valence-electron chi connectivity index (χ2n) is 6.80. The van der Waals surface area contributed by atoms with Gasteiger partial charge in [0.25, 0.3) is 0 Å². The van der Waals surface area contributed by atoms with E-state index >= 15 is 0 Å². The van der Waals surface area contributed by atoms with Gasteiger partial charge in [-0.1, -0.05) is 36.7 Å². The molecule has 27 heavy (non-hydrogen) atoms. The molecular formula is C21H23ClN4O. The normalized spacial score (nSPS) is 14.7. The first-order chi connectivity index (χ1) is 13.2. The van der Waals surface area contributed by atoms with E-state index < -0.39 is 0 Å². The number of hydrogen-bond acceptors (Lipinski definition) is 3. The molecule has 0 atom stereocenters. The monoisotopic (exact) mass is 382 g/mol. The minimum absolute atomic E-state index is 0.151. The first-order valence-electron chi connectivity index (χ1n) is 9.38. The number of benzene rings is 2. The van der Waals surface area contributed by atoms with Gasteiger partial charge in [-0.05, 0) is 30.3 Å². The second kappa shape index (κ2) is 7.61. The maximum atomic E-state index is 12.9. The molecule has 6 heteroatoms. The Balaban J connectivity index is 1.45. The largest absolute Gasteiger partial charge is 0.368 e. The van der Waals surface area contributed by atoms with Crippen LogP contribution in [0.5, 0.6) is 0 Å². The molecule has 1 saturated heterocycles. The summed E-state index contributed by atoms with van der Waals surface area (Å²) >= 11 is 6.10. The summed E-state index contributed by atoms with van der Waals surface area (Å²) < 4.78 is 2.06. The van der Waals surface area contributed by atoms with E-state index in [2.05, 4.69) is 27.4 Å². The molecule has 1 amide bonds. The van der Waals surface area contributed by atoms with Crippen LogP contribution < -0.4 is 4.90 Å². The van der Waals surface area contributed by atoms with Gasteiger partial charge in [-0.25, -0.2) is 4.98 Å². The molecule has 1 aliphatic rings. The summed E-state index contributed by atoms with van der Waals surface area (Å²) in [4.78, 5) is 21.8. The highest BCUT2D eigenvalue weighted by atomic mass is 35.5. The molecule has 3 aromatic rings. The Hall–Kier alpha value is -2.53. The van der Waals surface area contributed by atoms with Crippen molar-refractivity contribution in [3.05, 3.63) is 59.4 Å². The minimum Gasteiger partial charge on any atom is -0.368 e. The molecule has 1 aliphatic heterocycles. The fourth-order valence-corrected chi connectivity index (χ4v) is 3.88. The Kier molecular flexibility index (Phi) is 5.03. The number of hydrogen-bond donors (Lipinski definition) is 0. The van der Waals surface area contributed by atoms with Gasteiger partial charge in [0.05, 0.1) is 11.0 Å². The number of carbonyl (C=O) groups is 1. The standard InChI is InChI=1S/C21H23ClN4O/c1-2-20-23-18-8-3-4-9-19(18)26(20)15-21(27)25-12-10-24(11-13-25)17-7-5-6-16(22)14-17/h3-9,14H,2,10-13,15H2,1H3. The maximum Gasteiger partial charge on any atom is 0.242 e. The average molecular weight is 383 g/mol. The van der Waals surface area contributed by atoms with Crippen LogP contribution in [0.3, 0.4) is 0 Å². The number of rotatable bonds is 4. The van der Waals surface area contributed by atoms with Crippen molar-refractivity contribution in [3.8, 4) is 0 Å². The van der Waals surface area contributed by atoms with E-state index in [1.54, 1.807) is 0 Å². The average Bonchev–Trinajstić information content (AvgIpc) is 3.06. The highest BCUT2D eigenvalue weighted by Crippen LogP contribution is 2.21. The van der Waals surface area contributed by atoms with Gasteiger partial charge in [-0.3, -0.25) is 4.79 Å². The predicted octanol–water partition coefficient (Wildman–Crippen LogP) is 3.60. The number of carbonyl (C=O) groups excluding carboxylic acids is 1. The zero-order valence-electron chi connectivity index (χ0n) is 15.4. The van der Waals surface area contributed by atoms with Crippen molar-refractivity contribution in [1.29, 1.82) is 0 Å². The van der Waals surface area contributed by atoms with Crippen LogP contribution in [-0.4, -0.2) is 46.5 Å². The van der Waals surface area contributed by atoms with Crippen LogP contribution in [-0.2, 0) is 17.8 Å². The molecule has 0 bridgehead atoms. The van der Waals surface area contributed by atoms with E-state index in [1.807, 2.05) is 47.4 Å². The van der Waals surface area contributed by atoms with Crippen molar-refractivity contribution in [3.63, 3.8) is 0 Å². The van der Waals surface area contributed by atoms with Crippen LogP contribution in [0.25, 0.3) is 11.0 Å². The van der Waals surface area contributed by atoms with Crippen LogP contribution in [0, 0.1) is 0 Å². The highest BCUT2D eigenvalue weighted by Gasteiger charge is 2.23. The van der Waals surface area contributed by atoms with Crippen LogP contribution in [0.1, 0.15) is 12.7 Å². The van der Waals surface area contributed by atoms with Gasteiger partial charge >= 0.3 is 0 Å². The van der Waals surface area contributed by atoms with Crippen molar-refractivity contribution < 1.29 is 4.79 Å². The number of aryl methyl sites for hydroxylation is 1. The van der Waals surface area contributed by atoms with Gasteiger partial charge in [0.1, 0.15) is 12.4 Å². The number of nitrogens with zero attached hydrogens (tertiary/aromatic N) is 4. The van der Waals surface area contributed by atoms with Crippen LogP contribution in [0.4, 0.5) is 5.69 Å². The number of para-hydroxylation sites is 2. The van der Waals surface area contributed by atoms with Crippen molar-refractivity contribution >= 4 is 34.2 Å². The van der Waals surface area contributed by atoms with Gasteiger partial charge in [-0.15, -0.1) is 0 Å². The Labute approximate surface area is 164 Å². The maximum absolute atomic E-state index is 12.9. The fourth-order valence-electron chi connectivity index (χ4n) is 3.69. The van der Waals surface area contributed by atoms with Gasteiger partial charge in [0, 0.05) is 43.3 Å². The lowest BCUT2D eigenvalue weighted by molar-refractivity contribution is -0.132. The topological polar surface area (TPSA) is 41.4 Å². The zero-order valence-corrected chi connectivity index (χ0v) is 16.2. The number of fused-ring (bicyclic) bond motifs is 1. The Morgan fingerprint density at radius 1 is 1.07 bits per heavy atom. The van der Waals surface area contributed by atoms with E-state index in [1.165, 1.54) is 0 Å². The highest BCUT2D eigenvalue weighted by molar-refractivity contribution is 6.30. The van der Waals surface area contributed by atoms with Crippen LogP contribution in [0.15, 0.2) is 48.5 Å². The van der Waals surface area contributed by atoms with Gasteiger partial charge in [-0.2, -0.15) is 0 Å². The van der Waals surface area contributed by atoms with Gasteiger partial charge in [0.2, 0.25) is 5.91 Å². The molecule has 0 aliphatic carbocycles. The first kappa shape index (κ1) is 17.9. The Morgan fingerprint density at radius 2 is 1.85 bits per heavy atom. The third-order valence-corrected chi connectivity index (χ3v) is 5.38. The molecule has 4 rings (SSSR count). The van der Waals surface area contributed by atoms with E-state index in [9.17, 15) is 4.79 Å². The Morgan fingerprint density at radius 3 is 2.59 bits per heavy atom. The molecule has 1 aromatic heterocycles. The summed E-state index contributed by atoms with van der Waals surface area (Å²) in [5.74, 6) is 1.11. The lowest BCUT2D eigenvalue weighted by atomic mass is 10.2. The van der Waals surface area contributed by atoms with Gasteiger partial charge in [0.15, 0.2) is 0 Å². The van der Waals surface area contributed by atoms with E-state index in [4.69, 9.17) is 11.6 Å². The Bertz CT molecular complexity index is 960. The molecule has 2 heterocycles. The number of anilines is 1. The van der Waals surface area contributed by atoms with Crippen molar-refractivity contribution in [1.82, 2.24) is 14.5 Å². The lowest BCUT2D eigenvalue weighted by Gasteiger charge is -2.36. The summed E-state index contributed by atoms with van der Waals surface area (Å²) in [6.45, 7) is 5.50. The molecule has 0 saturated carbocycles. The summed E-state index contributed by atoms with van der Waals surface area (Å²) in [5.41, 5.74) is 3.09. The van der Waals surface area contributed by atoms with E-state index in [0.29, 0.717) is 6.54 Å². The predicted molar refractivity (Wildman–Crippen MR) is 109 cm³/mol. The molecule has 0 spiro atoms. The smallest absolute Gasteiger partial charge is 0.242 e. The third kappa shape index (κ3) is 3.65. The van der Waals surface area contributed by atoms with Crippen LogP contribution in [0.2, 0.25) is 5.02 Å². The van der Waals surface area contributed by atoms with E-state index in [-0.39, 0.29) is 5.91 Å². The number of piperazine rings is 1. The fraction of sp³-hybridized carbons (Fsp3) is 0.333. The number of aromatic nitrogens is 2. The molecule has 0 unspecified atom stereocenters.